The molecule has 0 fully saturated rings. The van der Waals surface area contributed by atoms with Gasteiger partial charge in [-0.1, -0.05) is 29.8 Å². The van der Waals surface area contributed by atoms with E-state index in [2.05, 4.69) is 16.0 Å². The van der Waals surface area contributed by atoms with Crippen molar-refractivity contribution in [3.8, 4) is 0 Å². The summed E-state index contributed by atoms with van der Waals surface area (Å²) in [7, 11) is 0. The molecule has 0 saturated carbocycles. The molecule has 27 heavy (non-hydrogen) atoms. The molecule has 0 saturated heterocycles. The van der Waals surface area contributed by atoms with Crippen LogP contribution in [0.2, 0.25) is 0 Å². The average molecular weight is 366 g/mol. The van der Waals surface area contributed by atoms with Crippen LogP contribution in [0.3, 0.4) is 0 Å². The number of aryl methyl sites for hydroxylation is 1. The molecule has 4 amide bonds. The van der Waals surface area contributed by atoms with Crippen molar-refractivity contribution in [2.75, 3.05) is 28.6 Å². The molecule has 0 aliphatic carbocycles. The molecular weight excluding hydrogens is 344 g/mol. The maximum atomic E-state index is 12.4. The highest BCUT2D eigenvalue weighted by atomic mass is 16.2. The Bertz CT molecular complexity index is 849. The van der Waals surface area contributed by atoms with Gasteiger partial charge in [0.2, 0.25) is 11.8 Å². The molecule has 0 radical (unpaired) electrons. The van der Waals surface area contributed by atoms with Gasteiger partial charge in [-0.3, -0.25) is 14.5 Å². The van der Waals surface area contributed by atoms with Crippen molar-refractivity contribution in [3.05, 3.63) is 54.1 Å². The number of para-hydroxylation sites is 2. The molecule has 3 rings (SSSR count). The molecule has 1 aliphatic heterocycles. The third-order valence-electron chi connectivity index (χ3n) is 4.21. The van der Waals surface area contributed by atoms with Gasteiger partial charge < -0.3 is 16.0 Å². The highest BCUT2D eigenvalue weighted by Gasteiger charge is 2.26. The van der Waals surface area contributed by atoms with Crippen LogP contribution in [0.4, 0.5) is 21.9 Å². The zero-order valence-corrected chi connectivity index (χ0v) is 15.1. The molecule has 0 atom stereocenters. The number of benzene rings is 2. The Morgan fingerprint density at radius 2 is 1.85 bits per heavy atom. The van der Waals surface area contributed by atoms with Gasteiger partial charge in [0.15, 0.2) is 0 Å². The van der Waals surface area contributed by atoms with E-state index in [1.807, 2.05) is 37.3 Å². The third-order valence-corrected chi connectivity index (χ3v) is 4.21. The van der Waals surface area contributed by atoms with Crippen LogP contribution in [0.15, 0.2) is 48.5 Å². The van der Waals surface area contributed by atoms with Gasteiger partial charge in [-0.25, -0.2) is 4.79 Å². The number of rotatable bonds is 5. The van der Waals surface area contributed by atoms with Gasteiger partial charge in [0.1, 0.15) is 6.54 Å². The maximum Gasteiger partial charge on any atom is 0.322 e. The Balaban J connectivity index is 1.45. The summed E-state index contributed by atoms with van der Waals surface area (Å²) in [6, 6.07) is 14.4. The molecule has 7 heteroatoms. The molecule has 3 N–H and O–H groups in total. The summed E-state index contributed by atoms with van der Waals surface area (Å²) < 4.78 is 0. The smallest absolute Gasteiger partial charge is 0.322 e. The van der Waals surface area contributed by atoms with Crippen molar-refractivity contribution in [2.24, 2.45) is 0 Å². The van der Waals surface area contributed by atoms with Gasteiger partial charge >= 0.3 is 6.03 Å². The van der Waals surface area contributed by atoms with Gasteiger partial charge in [-0.15, -0.1) is 0 Å². The Labute approximate surface area is 157 Å². The summed E-state index contributed by atoms with van der Waals surface area (Å²) in [5.41, 5.74) is 3.15. The largest absolute Gasteiger partial charge is 0.338 e. The third kappa shape index (κ3) is 4.84. The monoisotopic (exact) mass is 366 g/mol. The SMILES string of the molecule is Cc1ccc(NC(=O)CCCNC(=O)N2CC(=O)Nc3ccccc32)cc1. The minimum absolute atomic E-state index is 0.0310. The summed E-state index contributed by atoms with van der Waals surface area (Å²) in [6.45, 7) is 2.30. The number of fused-ring (bicyclic) bond motifs is 1. The molecule has 7 nitrogen and oxygen atoms in total. The Morgan fingerprint density at radius 3 is 2.63 bits per heavy atom. The number of hydrogen-bond acceptors (Lipinski definition) is 3. The Morgan fingerprint density at radius 1 is 1.11 bits per heavy atom. The van der Waals surface area contributed by atoms with Crippen LogP contribution < -0.4 is 20.9 Å². The van der Waals surface area contributed by atoms with Crippen molar-refractivity contribution in [2.45, 2.75) is 19.8 Å². The van der Waals surface area contributed by atoms with E-state index in [4.69, 9.17) is 0 Å². The van der Waals surface area contributed by atoms with E-state index in [1.54, 1.807) is 18.2 Å². The van der Waals surface area contributed by atoms with Gasteiger partial charge in [0, 0.05) is 18.7 Å². The van der Waals surface area contributed by atoms with Crippen LogP contribution in [-0.4, -0.2) is 30.9 Å². The lowest BCUT2D eigenvalue weighted by molar-refractivity contribution is -0.116. The minimum Gasteiger partial charge on any atom is -0.338 e. The highest BCUT2D eigenvalue weighted by Crippen LogP contribution is 2.28. The lowest BCUT2D eigenvalue weighted by Gasteiger charge is -2.29. The van der Waals surface area contributed by atoms with Crippen LogP contribution in [0.5, 0.6) is 0 Å². The van der Waals surface area contributed by atoms with E-state index < -0.39 is 0 Å². The summed E-state index contributed by atoms with van der Waals surface area (Å²) in [5.74, 6) is -0.336. The Hall–Kier alpha value is -3.35. The van der Waals surface area contributed by atoms with E-state index in [0.717, 1.165) is 11.3 Å². The van der Waals surface area contributed by atoms with Crippen molar-refractivity contribution in [1.29, 1.82) is 0 Å². The van der Waals surface area contributed by atoms with Crippen molar-refractivity contribution in [3.63, 3.8) is 0 Å². The zero-order chi connectivity index (χ0) is 19.2. The van der Waals surface area contributed by atoms with E-state index in [1.165, 1.54) is 4.90 Å². The Kier molecular flexibility index (Phi) is 5.71. The number of amides is 4. The number of nitrogens with zero attached hydrogens (tertiary/aromatic N) is 1. The molecule has 2 aromatic carbocycles. The second kappa shape index (κ2) is 8.35. The molecule has 1 aliphatic rings. The van der Waals surface area contributed by atoms with Gasteiger partial charge in [0.25, 0.3) is 0 Å². The van der Waals surface area contributed by atoms with E-state index in [-0.39, 0.29) is 24.4 Å². The lowest BCUT2D eigenvalue weighted by Crippen LogP contribution is -2.47. The van der Waals surface area contributed by atoms with Crippen LogP contribution in [-0.2, 0) is 9.59 Å². The molecule has 2 aromatic rings. The average Bonchev–Trinajstić information content (AvgIpc) is 2.66. The van der Waals surface area contributed by atoms with Crippen molar-refractivity contribution in [1.82, 2.24) is 5.32 Å². The molecule has 140 valence electrons. The van der Waals surface area contributed by atoms with Crippen LogP contribution in [0.25, 0.3) is 0 Å². The topological polar surface area (TPSA) is 90.5 Å². The molecule has 0 bridgehead atoms. The van der Waals surface area contributed by atoms with E-state index >= 15 is 0 Å². The number of anilines is 3. The molecule has 0 aromatic heterocycles. The maximum absolute atomic E-state index is 12.4. The standard InChI is InChI=1S/C20H22N4O3/c1-14-8-10-15(11-9-14)22-18(25)7-4-12-21-20(27)24-13-19(26)23-16-5-2-3-6-17(16)24/h2-3,5-6,8-11H,4,7,12-13H2,1H3,(H,21,27)(H,22,25)(H,23,26). The zero-order valence-electron chi connectivity index (χ0n) is 15.1. The fourth-order valence-electron chi connectivity index (χ4n) is 2.81. The van der Waals surface area contributed by atoms with E-state index in [9.17, 15) is 14.4 Å². The van der Waals surface area contributed by atoms with Crippen molar-refractivity contribution < 1.29 is 14.4 Å². The van der Waals surface area contributed by atoms with Gasteiger partial charge in [-0.2, -0.15) is 0 Å². The molecule has 0 unspecified atom stereocenters. The highest BCUT2D eigenvalue weighted by molar-refractivity contribution is 6.09. The van der Waals surface area contributed by atoms with Gasteiger partial charge in [-0.05, 0) is 37.6 Å². The first-order valence-electron chi connectivity index (χ1n) is 8.84. The lowest BCUT2D eigenvalue weighted by atomic mass is 10.2. The first kappa shape index (κ1) is 18.4. The normalized spacial score (nSPS) is 12.8. The predicted octanol–water partition coefficient (Wildman–Crippen LogP) is 2.88. The molecule has 0 spiro atoms. The number of hydrogen-bond donors (Lipinski definition) is 3. The van der Waals surface area contributed by atoms with Crippen LogP contribution >= 0.6 is 0 Å². The number of carbonyl (C=O) groups is 3. The summed E-state index contributed by atoms with van der Waals surface area (Å²) in [5, 5.41) is 8.33. The van der Waals surface area contributed by atoms with E-state index in [0.29, 0.717) is 30.8 Å². The van der Waals surface area contributed by atoms with Gasteiger partial charge in [0.05, 0.1) is 11.4 Å². The number of nitrogens with one attached hydrogen (secondary N) is 3. The number of carbonyl (C=O) groups excluding carboxylic acids is 3. The second-order valence-corrected chi connectivity index (χ2v) is 6.40. The van der Waals surface area contributed by atoms with Crippen molar-refractivity contribution >= 4 is 34.9 Å². The summed E-state index contributed by atoms with van der Waals surface area (Å²) >= 11 is 0. The first-order valence-corrected chi connectivity index (χ1v) is 8.84. The minimum atomic E-state index is -0.351. The first-order chi connectivity index (χ1) is 13.0. The quantitative estimate of drug-likeness (QED) is 0.711. The second-order valence-electron chi connectivity index (χ2n) is 6.40. The molecule has 1 heterocycles. The predicted molar refractivity (Wildman–Crippen MR) is 105 cm³/mol. The number of urea groups is 1. The molecular formula is C20H22N4O3. The van der Waals surface area contributed by atoms with Crippen LogP contribution in [0, 0.1) is 6.92 Å². The fourth-order valence-corrected chi connectivity index (χ4v) is 2.81. The fraction of sp³-hybridized carbons (Fsp3) is 0.250. The van der Waals surface area contributed by atoms with Crippen LogP contribution in [0.1, 0.15) is 18.4 Å². The summed E-state index contributed by atoms with van der Waals surface area (Å²) in [6.07, 6.45) is 0.802. The summed E-state index contributed by atoms with van der Waals surface area (Å²) in [4.78, 5) is 37.5.